The van der Waals surface area contributed by atoms with Crippen molar-refractivity contribution < 1.29 is 52.1 Å². The van der Waals surface area contributed by atoms with E-state index in [0.717, 1.165) is 11.5 Å². The van der Waals surface area contributed by atoms with Crippen LogP contribution in [-0.2, 0) is 45.2 Å². The fraction of sp³-hybridized carbons (Fsp3) is 0.355. The molecular weight excluding hydrogens is 636 g/mol. The van der Waals surface area contributed by atoms with Gasteiger partial charge in [-0.15, -0.1) is 0 Å². The quantitative estimate of drug-likeness (QED) is 0.140. The second kappa shape index (κ2) is 18.0. The van der Waals surface area contributed by atoms with E-state index in [4.69, 9.17) is 4.74 Å². The third kappa shape index (κ3) is 13.3. The predicted octanol–water partition coefficient (Wildman–Crippen LogP) is 1.35. The highest BCUT2D eigenvalue weighted by atomic mass is 32.2. The highest BCUT2D eigenvalue weighted by molar-refractivity contribution is 7.94. The number of amides is 4. The first-order valence-corrected chi connectivity index (χ1v) is 15.9. The van der Waals surface area contributed by atoms with Crippen molar-refractivity contribution in [2.45, 2.75) is 69.3 Å². The summed E-state index contributed by atoms with van der Waals surface area (Å²) < 4.78 is 30.3. The average molecular weight is 675 g/mol. The highest BCUT2D eigenvalue weighted by Crippen LogP contribution is 2.13. The van der Waals surface area contributed by atoms with Gasteiger partial charge in [-0.1, -0.05) is 62.4 Å². The topological polar surface area (TPSA) is 234 Å². The summed E-state index contributed by atoms with van der Waals surface area (Å²) in [4.78, 5) is 74.0. The molecule has 0 aliphatic heterocycles. The number of sulfone groups is 1. The summed E-state index contributed by atoms with van der Waals surface area (Å²) in [6.45, 7) is 4.29. The van der Waals surface area contributed by atoms with Crippen LogP contribution in [0.1, 0.15) is 39.2 Å². The number of benzene rings is 2. The number of aliphatic carboxylic acids is 2. The monoisotopic (exact) mass is 674 g/mol. The van der Waals surface area contributed by atoms with Crippen LogP contribution in [0.25, 0.3) is 0 Å². The van der Waals surface area contributed by atoms with Gasteiger partial charge in [0.15, 0.2) is 9.84 Å². The first kappa shape index (κ1) is 37.9. The van der Waals surface area contributed by atoms with E-state index < -0.39 is 88.5 Å². The minimum Gasteiger partial charge on any atom is -0.481 e. The van der Waals surface area contributed by atoms with E-state index in [1.807, 2.05) is 0 Å². The average Bonchev–Trinajstić information content (AvgIpc) is 3.01. The molecular formula is C31H38N4O11S. The molecule has 0 saturated heterocycles. The van der Waals surface area contributed by atoms with Gasteiger partial charge in [-0.3, -0.25) is 24.0 Å². The predicted molar refractivity (Wildman–Crippen MR) is 167 cm³/mol. The fourth-order valence-electron chi connectivity index (χ4n) is 4.00. The Hall–Kier alpha value is -5.25. The van der Waals surface area contributed by atoms with Crippen molar-refractivity contribution in [3.05, 3.63) is 77.7 Å². The van der Waals surface area contributed by atoms with Gasteiger partial charge in [0, 0.05) is 5.41 Å². The van der Waals surface area contributed by atoms with Crippen LogP contribution in [0.3, 0.4) is 0 Å². The van der Waals surface area contributed by atoms with Crippen molar-refractivity contribution in [1.82, 2.24) is 21.3 Å². The third-order valence-corrected chi connectivity index (χ3v) is 7.93. The number of rotatable bonds is 17. The zero-order chi connectivity index (χ0) is 35.1. The number of carbonyl (C=O) groups is 6. The molecule has 254 valence electrons. The van der Waals surface area contributed by atoms with E-state index in [9.17, 15) is 47.4 Å². The molecule has 0 bridgehead atoms. The number of hydrogen-bond acceptors (Lipinski definition) is 9. The highest BCUT2D eigenvalue weighted by Gasteiger charge is 2.31. The summed E-state index contributed by atoms with van der Waals surface area (Å²) in [7, 11) is -3.95. The Kier molecular flexibility index (Phi) is 14.6. The van der Waals surface area contributed by atoms with E-state index in [1.165, 1.54) is 31.2 Å². The zero-order valence-electron chi connectivity index (χ0n) is 25.9. The van der Waals surface area contributed by atoms with Gasteiger partial charge < -0.3 is 36.2 Å². The molecule has 2 aromatic rings. The molecule has 0 spiro atoms. The Morgan fingerprint density at radius 1 is 0.745 bits per heavy atom. The molecule has 0 radical (unpaired) electrons. The molecule has 0 fully saturated rings. The summed E-state index contributed by atoms with van der Waals surface area (Å²) in [5.41, 5.74) is 0.651. The largest absolute Gasteiger partial charge is 0.481 e. The molecule has 0 aliphatic carbocycles. The van der Waals surface area contributed by atoms with Crippen molar-refractivity contribution in [2.24, 2.45) is 5.92 Å². The molecule has 15 nitrogen and oxygen atoms in total. The molecule has 2 aromatic carbocycles. The maximum Gasteiger partial charge on any atom is 0.408 e. The maximum atomic E-state index is 13.2. The first-order chi connectivity index (χ1) is 22.1. The van der Waals surface area contributed by atoms with Crippen LogP contribution in [0.15, 0.2) is 77.0 Å². The number of hydrogen-bond donors (Lipinski definition) is 6. The Labute approximate surface area is 271 Å². The molecule has 16 heteroatoms. The molecule has 4 atom stereocenters. The lowest BCUT2D eigenvalue weighted by molar-refractivity contribution is -0.140. The lowest BCUT2D eigenvalue weighted by atomic mass is 10.0. The third-order valence-electron chi connectivity index (χ3n) is 6.48. The van der Waals surface area contributed by atoms with Gasteiger partial charge in [-0.25, -0.2) is 13.2 Å². The number of carbonyl (C=O) groups excluding carboxylic acids is 4. The van der Waals surface area contributed by atoms with Crippen molar-refractivity contribution in [3.63, 3.8) is 0 Å². The molecule has 47 heavy (non-hydrogen) atoms. The van der Waals surface area contributed by atoms with Gasteiger partial charge in [0.25, 0.3) is 0 Å². The van der Waals surface area contributed by atoms with Crippen LogP contribution < -0.4 is 21.3 Å². The lowest BCUT2D eigenvalue weighted by Gasteiger charge is -2.26. The summed E-state index contributed by atoms with van der Waals surface area (Å²) in [6, 6.07) is 10.5. The van der Waals surface area contributed by atoms with Crippen molar-refractivity contribution in [3.8, 4) is 0 Å². The molecule has 0 aromatic heterocycles. The Bertz CT molecular complexity index is 1550. The van der Waals surface area contributed by atoms with E-state index in [-0.39, 0.29) is 11.5 Å². The number of carboxylic acid groups (broad SMARTS) is 2. The summed E-state index contributed by atoms with van der Waals surface area (Å²) in [5, 5.41) is 28.7. The standard InChI is InChI=1S/C31H38N4O11S/c1-19(2)27(30(42)33-22(16-25(36)37)14-15-47(44,45)23-12-8-5-9-13-23)35-28(40)20(3)32-29(41)24(17-26(38)39)34-31(43)46-18-21-10-6-4-7-11-21/h4-15,19-20,22,24,27H,16-18H2,1-3H3,(H,32,41)(H,33,42)(H,34,43)(H,35,40)(H,36,37)(H,38,39)/b15-14+/t20?,22-,24+,27+/m1/s1. The van der Waals surface area contributed by atoms with Gasteiger partial charge in [0.1, 0.15) is 24.7 Å². The Morgan fingerprint density at radius 3 is 1.87 bits per heavy atom. The van der Waals surface area contributed by atoms with Crippen LogP contribution >= 0.6 is 0 Å². The molecule has 2 rings (SSSR count). The lowest BCUT2D eigenvalue weighted by Crippen LogP contribution is -2.57. The van der Waals surface area contributed by atoms with E-state index >= 15 is 0 Å². The summed E-state index contributed by atoms with van der Waals surface area (Å²) >= 11 is 0. The fourth-order valence-corrected chi connectivity index (χ4v) is 5.09. The molecule has 6 N–H and O–H groups in total. The molecule has 0 saturated carbocycles. The SMILES string of the molecule is CC(NC(=O)[C@H](CC(=O)O)NC(=O)OCc1ccccc1)C(=O)N[C@H](C(=O)N[C@H](/C=C/S(=O)(=O)c1ccccc1)CC(=O)O)C(C)C. The Morgan fingerprint density at radius 2 is 1.32 bits per heavy atom. The smallest absolute Gasteiger partial charge is 0.408 e. The van der Waals surface area contributed by atoms with Crippen LogP contribution in [0.2, 0.25) is 0 Å². The minimum absolute atomic E-state index is 0.0372. The second-order valence-electron chi connectivity index (χ2n) is 10.7. The second-order valence-corrected chi connectivity index (χ2v) is 12.6. The number of ether oxygens (including phenoxy) is 1. The van der Waals surface area contributed by atoms with Crippen LogP contribution in [0.5, 0.6) is 0 Å². The molecule has 4 amide bonds. The molecule has 0 heterocycles. The van der Waals surface area contributed by atoms with Crippen LogP contribution in [0, 0.1) is 5.92 Å². The van der Waals surface area contributed by atoms with Gasteiger partial charge in [-0.05, 0) is 36.6 Å². The number of carboxylic acids is 2. The van der Waals surface area contributed by atoms with E-state index in [2.05, 4.69) is 21.3 Å². The van der Waals surface area contributed by atoms with Crippen LogP contribution in [0.4, 0.5) is 4.79 Å². The van der Waals surface area contributed by atoms with E-state index in [1.54, 1.807) is 50.2 Å². The number of nitrogens with one attached hydrogen (secondary N) is 4. The molecule has 0 aliphatic rings. The Balaban J connectivity index is 2.07. The molecule has 1 unspecified atom stereocenters. The maximum absolute atomic E-state index is 13.2. The van der Waals surface area contributed by atoms with E-state index in [0.29, 0.717) is 5.56 Å². The van der Waals surface area contributed by atoms with Gasteiger partial charge in [0.05, 0.1) is 23.8 Å². The van der Waals surface area contributed by atoms with Gasteiger partial charge >= 0.3 is 18.0 Å². The van der Waals surface area contributed by atoms with Gasteiger partial charge in [-0.2, -0.15) is 0 Å². The zero-order valence-corrected chi connectivity index (χ0v) is 26.7. The number of alkyl carbamates (subject to hydrolysis) is 1. The normalized spacial score (nSPS) is 13.9. The van der Waals surface area contributed by atoms with Crippen molar-refractivity contribution in [1.29, 1.82) is 0 Å². The first-order valence-electron chi connectivity index (χ1n) is 14.4. The van der Waals surface area contributed by atoms with Gasteiger partial charge in [0.2, 0.25) is 17.7 Å². The van der Waals surface area contributed by atoms with Crippen LogP contribution in [-0.4, -0.2) is 78.6 Å². The minimum atomic E-state index is -3.95. The van der Waals surface area contributed by atoms with Crippen molar-refractivity contribution in [2.75, 3.05) is 0 Å². The van der Waals surface area contributed by atoms with Crippen molar-refractivity contribution >= 4 is 45.6 Å². The summed E-state index contributed by atoms with van der Waals surface area (Å²) in [5.74, 6) is -5.99. The summed E-state index contributed by atoms with van der Waals surface area (Å²) in [6.07, 6.45) is -1.53.